The van der Waals surface area contributed by atoms with Gasteiger partial charge in [-0.15, -0.1) is 0 Å². The van der Waals surface area contributed by atoms with Crippen LogP contribution >= 0.6 is 0 Å². The molecule has 1 aromatic carbocycles. The molecule has 0 saturated carbocycles. The van der Waals surface area contributed by atoms with E-state index in [1.807, 2.05) is 6.07 Å². The summed E-state index contributed by atoms with van der Waals surface area (Å²) < 4.78 is 17.9. The zero-order valence-electron chi connectivity index (χ0n) is 10.9. The van der Waals surface area contributed by atoms with Crippen molar-refractivity contribution < 1.29 is 13.9 Å². The predicted molar refractivity (Wildman–Crippen MR) is 70.0 cm³/mol. The van der Waals surface area contributed by atoms with Crippen LogP contribution in [0.15, 0.2) is 18.2 Å². The molecule has 0 bridgehead atoms. The fourth-order valence-corrected chi connectivity index (χ4v) is 2.25. The van der Waals surface area contributed by atoms with Gasteiger partial charge in [-0.3, -0.25) is 4.90 Å². The maximum absolute atomic E-state index is 13.3. The average Bonchev–Trinajstić information content (AvgIpc) is 2.81. The van der Waals surface area contributed by atoms with Crippen molar-refractivity contribution in [3.05, 3.63) is 29.6 Å². The molecule has 0 aliphatic carbocycles. The Kier molecular flexibility index (Phi) is 4.21. The Morgan fingerprint density at radius 1 is 1.63 bits per heavy atom. The van der Waals surface area contributed by atoms with Crippen LogP contribution in [0, 0.1) is 5.82 Å². The quantitative estimate of drug-likeness (QED) is 0.811. The van der Waals surface area contributed by atoms with Crippen LogP contribution in [-0.2, 0) is 11.3 Å². The number of alkyl carbamates (subject to hydrolysis) is 1. The number of likely N-dealkylation sites (tertiary alicyclic amines) is 1. The van der Waals surface area contributed by atoms with Gasteiger partial charge in [-0.1, -0.05) is 6.07 Å². The van der Waals surface area contributed by atoms with Crippen LogP contribution in [0.5, 0.6) is 0 Å². The number of nitrogens with zero attached hydrogens (tertiary/aromatic N) is 1. The molecule has 0 radical (unpaired) electrons. The van der Waals surface area contributed by atoms with E-state index in [1.54, 1.807) is 6.07 Å². The zero-order chi connectivity index (χ0) is 13.8. The number of nitrogen functional groups attached to an aromatic ring is 1. The molecule has 1 aliphatic rings. The molecular formula is C13H18FN3O2. The summed E-state index contributed by atoms with van der Waals surface area (Å²) in [7, 11) is 1.35. The minimum atomic E-state index is -0.412. The van der Waals surface area contributed by atoms with Crippen molar-refractivity contribution in [1.82, 2.24) is 10.2 Å². The van der Waals surface area contributed by atoms with E-state index >= 15 is 0 Å². The number of hydrogen-bond acceptors (Lipinski definition) is 4. The maximum atomic E-state index is 13.3. The van der Waals surface area contributed by atoms with Crippen molar-refractivity contribution in [2.75, 3.05) is 25.9 Å². The first kappa shape index (κ1) is 13.6. The van der Waals surface area contributed by atoms with Crippen molar-refractivity contribution in [3.8, 4) is 0 Å². The van der Waals surface area contributed by atoms with Crippen molar-refractivity contribution in [2.45, 2.75) is 19.0 Å². The second-order valence-electron chi connectivity index (χ2n) is 4.71. The SMILES string of the molecule is COC(=O)NC1CCN(Cc2ccc(N)c(F)c2)C1. The number of nitrogens with one attached hydrogen (secondary N) is 1. The molecule has 3 N–H and O–H groups in total. The van der Waals surface area contributed by atoms with Crippen LogP contribution in [0.3, 0.4) is 0 Å². The van der Waals surface area contributed by atoms with Crippen LogP contribution < -0.4 is 11.1 Å². The highest BCUT2D eigenvalue weighted by molar-refractivity contribution is 5.67. The van der Waals surface area contributed by atoms with Crippen LogP contribution in [0.25, 0.3) is 0 Å². The van der Waals surface area contributed by atoms with E-state index in [0.717, 1.165) is 25.1 Å². The van der Waals surface area contributed by atoms with Crippen LogP contribution in [0.4, 0.5) is 14.9 Å². The molecule has 1 amide bonds. The number of hydrogen-bond donors (Lipinski definition) is 2. The molecule has 0 spiro atoms. The van der Waals surface area contributed by atoms with Gasteiger partial charge in [0.15, 0.2) is 0 Å². The third-order valence-electron chi connectivity index (χ3n) is 3.25. The predicted octanol–water partition coefficient (Wildman–Crippen LogP) is 1.34. The summed E-state index contributed by atoms with van der Waals surface area (Å²) in [5.74, 6) is -0.388. The Hall–Kier alpha value is -1.82. The third kappa shape index (κ3) is 3.57. The fourth-order valence-electron chi connectivity index (χ4n) is 2.25. The van der Waals surface area contributed by atoms with Crippen LogP contribution in [-0.4, -0.2) is 37.2 Å². The molecule has 1 fully saturated rings. The van der Waals surface area contributed by atoms with E-state index in [2.05, 4.69) is 15.0 Å². The lowest BCUT2D eigenvalue weighted by atomic mass is 10.2. The lowest BCUT2D eigenvalue weighted by molar-refractivity contribution is 0.166. The maximum Gasteiger partial charge on any atom is 0.407 e. The minimum absolute atomic E-state index is 0.0890. The molecule has 2 rings (SSSR count). The van der Waals surface area contributed by atoms with E-state index in [1.165, 1.54) is 13.2 Å². The van der Waals surface area contributed by atoms with Crippen molar-refractivity contribution in [3.63, 3.8) is 0 Å². The van der Waals surface area contributed by atoms with Crippen LogP contribution in [0.1, 0.15) is 12.0 Å². The molecule has 6 heteroatoms. The summed E-state index contributed by atoms with van der Waals surface area (Å²) in [6.45, 7) is 2.25. The van der Waals surface area contributed by atoms with E-state index in [-0.39, 0.29) is 17.5 Å². The van der Waals surface area contributed by atoms with Gasteiger partial charge < -0.3 is 15.8 Å². The molecule has 1 saturated heterocycles. The highest BCUT2D eigenvalue weighted by Crippen LogP contribution is 2.17. The molecular weight excluding hydrogens is 249 g/mol. The van der Waals surface area contributed by atoms with Gasteiger partial charge in [0.05, 0.1) is 12.8 Å². The number of nitrogens with two attached hydrogens (primary N) is 1. The number of methoxy groups -OCH3 is 1. The van der Waals surface area contributed by atoms with Gasteiger partial charge >= 0.3 is 6.09 Å². The number of amides is 1. The van der Waals surface area contributed by atoms with Crippen LogP contribution in [0.2, 0.25) is 0 Å². The average molecular weight is 267 g/mol. The van der Waals surface area contributed by atoms with Gasteiger partial charge in [-0.05, 0) is 24.1 Å². The molecule has 5 nitrogen and oxygen atoms in total. The van der Waals surface area contributed by atoms with E-state index in [9.17, 15) is 9.18 Å². The lowest BCUT2D eigenvalue weighted by Crippen LogP contribution is -2.36. The molecule has 1 atom stereocenters. The monoisotopic (exact) mass is 267 g/mol. The van der Waals surface area contributed by atoms with Crippen molar-refractivity contribution in [1.29, 1.82) is 0 Å². The first-order valence-electron chi connectivity index (χ1n) is 6.19. The molecule has 19 heavy (non-hydrogen) atoms. The smallest absolute Gasteiger partial charge is 0.407 e. The number of anilines is 1. The molecule has 1 heterocycles. The van der Waals surface area contributed by atoms with E-state index < -0.39 is 6.09 Å². The molecule has 0 aromatic heterocycles. The third-order valence-corrected chi connectivity index (χ3v) is 3.25. The zero-order valence-corrected chi connectivity index (χ0v) is 10.9. The van der Waals surface area contributed by atoms with Gasteiger partial charge in [-0.2, -0.15) is 0 Å². The van der Waals surface area contributed by atoms with E-state index in [4.69, 9.17) is 5.73 Å². The van der Waals surface area contributed by atoms with Crippen molar-refractivity contribution in [2.24, 2.45) is 0 Å². The fraction of sp³-hybridized carbons (Fsp3) is 0.462. The Labute approximate surface area is 111 Å². The first-order chi connectivity index (χ1) is 9.08. The summed E-state index contributed by atoms with van der Waals surface area (Å²) in [6.07, 6.45) is 0.456. The lowest BCUT2D eigenvalue weighted by Gasteiger charge is -2.16. The van der Waals surface area contributed by atoms with Crippen molar-refractivity contribution >= 4 is 11.8 Å². The number of halogens is 1. The topological polar surface area (TPSA) is 67.6 Å². The Morgan fingerprint density at radius 2 is 2.42 bits per heavy atom. The Bertz CT molecular complexity index is 467. The molecule has 1 aliphatic heterocycles. The number of benzene rings is 1. The Balaban J connectivity index is 1.87. The minimum Gasteiger partial charge on any atom is -0.453 e. The van der Waals surface area contributed by atoms with Gasteiger partial charge in [0, 0.05) is 25.7 Å². The van der Waals surface area contributed by atoms with E-state index in [0.29, 0.717) is 6.54 Å². The Morgan fingerprint density at radius 3 is 3.11 bits per heavy atom. The molecule has 1 aromatic rings. The second kappa shape index (κ2) is 5.88. The van der Waals surface area contributed by atoms with Gasteiger partial charge in [0.25, 0.3) is 0 Å². The molecule has 1 unspecified atom stereocenters. The number of carbonyl (C=O) groups excluding carboxylic acids is 1. The number of ether oxygens (including phenoxy) is 1. The van der Waals surface area contributed by atoms with Gasteiger partial charge in [0.2, 0.25) is 0 Å². The summed E-state index contributed by atoms with van der Waals surface area (Å²) >= 11 is 0. The largest absolute Gasteiger partial charge is 0.453 e. The standard InChI is InChI=1S/C13H18FN3O2/c1-19-13(18)16-10-4-5-17(8-10)7-9-2-3-12(15)11(14)6-9/h2-3,6,10H,4-5,7-8,15H2,1H3,(H,16,18). The number of carbonyl (C=O) groups is 1. The second-order valence-corrected chi connectivity index (χ2v) is 4.71. The summed E-state index contributed by atoms with van der Waals surface area (Å²) in [5, 5.41) is 2.77. The normalized spacial score (nSPS) is 19.4. The first-order valence-corrected chi connectivity index (χ1v) is 6.19. The highest BCUT2D eigenvalue weighted by Gasteiger charge is 2.24. The number of rotatable bonds is 3. The van der Waals surface area contributed by atoms with Gasteiger partial charge in [-0.25, -0.2) is 9.18 Å². The summed E-state index contributed by atoms with van der Waals surface area (Å²) in [5.41, 5.74) is 6.48. The van der Waals surface area contributed by atoms with Gasteiger partial charge in [0.1, 0.15) is 5.82 Å². The molecule has 104 valence electrons. The summed E-state index contributed by atoms with van der Waals surface area (Å²) in [6, 6.07) is 4.94. The highest BCUT2D eigenvalue weighted by atomic mass is 19.1. The summed E-state index contributed by atoms with van der Waals surface area (Å²) in [4.78, 5) is 13.3.